The van der Waals surface area contributed by atoms with E-state index in [1.807, 2.05) is 30.3 Å². The maximum atomic E-state index is 12.6. The number of methoxy groups -OCH3 is 1. The summed E-state index contributed by atoms with van der Waals surface area (Å²) in [5, 5.41) is 22.8. The minimum atomic E-state index is -0.644. The fourth-order valence-electron chi connectivity index (χ4n) is 4.53. The van der Waals surface area contributed by atoms with Gasteiger partial charge in [0.2, 0.25) is 0 Å². The number of aromatic amines is 1. The zero-order valence-electron chi connectivity index (χ0n) is 19.4. The number of aromatic nitrogens is 5. The van der Waals surface area contributed by atoms with E-state index in [9.17, 15) is 9.90 Å². The van der Waals surface area contributed by atoms with Crippen LogP contribution in [0.5, 0.6) is 0 Å². The van der Waals surface area contributed by atoms with Crippen molar-refractivity contribution >= 4 is 45.7 Å². The van der Waals surface area contributed by atoms with Gasteiger partial charge < -0.3 is 19.4 Å². The summed E-state index contributed by atoms with van der Waals surface area (Å²) in [7, 11) is 1.29. The zero-order valence-corrected chi connectivity index (χ0v) is 21.1. The first kappa shape index (κ1) is 23.6. The lowest BCUT2D eigenvalue weighted by Crippen LogP contribution is -2.17. The van der Waals surface area contributed by atoms with Crippen LogP contribution in [-0.4, -0.2) is 48.7 Å². The maximum Gasteiger partial charge on any atom is 0.345 e. The lowest BCUT2D eigenvalue weighted by atomic mass is 9.95. The molecule has 0 atom stereocenters. The minimum Gasteiger partial charge on any atom is -0.510 e. The van der Waals surface area contributed by atoms with Crippen molar-refractivity contribution in [1.29, 1.82) is 0 Å². The Bertz CT molecular complexity index is 1300. The SMILES string of the molecule is COC(=O)/C(=C(/O)CSc1nnc(Cc2cccs2)n1C1CCCCC1)c1nc2ccccc2[nH]1. The van der Waals surface area contributed by atoms with Crippen molar-refractivity contribution in [2.24, 2.45) is 0 Å². The Kier molecular flexibility index (Phi) is 7.19. The summed E-state index contributed by atoms with van der Waals surface area (Å²) < 4.78 is 7.21. The lowest BCUT2D eigenvalue weighted by molar-refractivity contribution is -0.133. The lowest BCUT2D eigenvalue weighted by Gasteiger charge is -2.25. The molecule has 0 amide bonds. The van der Waals surface area contributed by atoms with E-state index in [2.05, 4.69) is 36.2 Å². The summed E-state index contributed by atoms with van der Waals surface area (Å²) in [6, 6.07) is 12.0. The van der Waals surface area contributed by atoms with Gasteiger partial charge in [-0.25, -0.2) is 9.78 Å². The Morgan fingerprint density at radius 3 is 2.77 bits per heavy atom. The first-order valence-electron chi connectivity index (χ1n) is 11.7. The highest BCUT2D eigenvalue weighted by molar-refractivity contribution is 7.99. The number of fused-ring (bicyclic) bond motifs is 1. The van der Waals surface area contributed by atoms with E-state index >= 15 is 0 Å². The van der Waals surface area contributed by atoms with Crippen LogP contribution in [-0.2, 0) is 16.0 Å². The molecule has 35 heavy (non-hydrogen) atoms. The van der Waals surface area contributed by atoms with Gasteiger partial charge in [-0.1, -0.05) is 49.2 Å². The quantitative estimate of drug-likeness (QED) is 0.139. The molecule has 2 N–H and O–H groups in total. The molecule has 182 valence electrons. The molecule has 0 aliphatic heterocycles. The van der Waals surface area contributed by atoms with E-state index in [1.165, 1.54) is 43.0 Å². The summed E-state index contributed by atoms with van der Waals surface area (Å²) in [5.74, 6) is 0.609. The van der Waals surface area contributed by atoms with Crippen molar-refractivity contribution < 1.29 is 14.6 Å². The van der Waals surface area contributed by atoms with E-state index < -0.39 is 5.97 Å². The van der Waals surface area contributed by atoms with E-state index in [1.54, 1.807) is 11.3 Å². The number of benzene rings is 1. The van der Waals surface area contributed by atoms with Gasteiger partial charge >= 0.3 is 5.97 Å². The van der Waals surface area contributed by atoms with Crippen molar-refractivity contribution in [3.63, 3.8) is 0 Å². The molecule has 0 saturated heterocycles. The molecule has 1 aliphatic rings. The van der Waals surface area contributed by atoms with Gasteiger partial charge in [0.05, 0.1) is 23.9 Å². The predicted octanol–water partition coefficient (Wildman–Crippen LogP) is 5.55. The van der Waals surface area contributed by atoms with E-state index in [0.29, 0.717) is 11.6 Å². The Hall–Kier alpha value is -3.11. The number of rotatable bonds is 8. The van der Waals surface area contributed by atoms with Gasteiger partial charge in [0.15, 0.2) is 5.16 Å². The molecule has 1 aromatic carbocycles. The number of aliphatic hydroxyl groups is 1. The summed E-state index contributed by atoms with van der Waals surface area (Å²) in [6.45, 7) is 0. The number of hydrogen-bond donors (Lipinski definition) is 2. The Morgan fingerprint density at radius 1 is 1.20 bits per heavy atom. The number of H-pyrrole nitrogens is 1. The number of carbonyl (C=O) groups is 1. The minimum absolute atomic E-state index is 0.0266. The van der Waals surface area contributed by atoms with Crippen LogP contribution in [0.1, 0.15) is 54.7 Å². The Morgan fingerprint density at radius 2 is 2.03 bits per heavy atom. The Labute approximate surface area is 211 Å². The number of para-hydroxylation sites is 2. The fraction of sp³-hybridized carbons (Fsp3) is 0.360. The third kappa shape index (κ3) is 5.13. The van der Waals surface area contributed by atoms with Crippen LogP contribution in [0.25, 0.3) is 16.6 Å². The third-order valence-electron chi connectivity index (χ3n) is 6.23. The number of ether oxygens (including phenoxy) is 1. The Balaban J connectivity index is 1.44. The maximum absolute atomic E-state index is 12.6. The van der Waals surface area contributed by atoms with Crippen molar-refractivity contribution in [3.05, 3.63) is 64.1 Å². The van der Waals surface area contributed by atoms with E-state index in [0.717, 1.165) is 35.8 Å². The number of esters is 1. The van der Waals surface area contributed by atoms with Crippen molar-refractivity contribution in [3.8, 4) is 0 Å². The van der Waals surface area contributed by atoms with Crippen LogP contribution in [0, 0.1) is 0 Å². The van der Waals surface area contributed by atoms with Gasteiger partial charge in [0.25, 0.3) is 0 Å². The van der Waals surface area contributed by atoms with Gasteiger partial charge in [-0.05, 0) is 36.4 Å². The second-order valence-electron chi connectivity index (χ2n) is 8.52. The smallest absolute Gasteiger partial charge is 0.345 e. The summed E-state index contributed by atoms with van der Waals surface area (Å²) in [5.41, 5.74) is 1.51. The average molecular weight is 510 g/mol. The first-order valence-corrected chi connectivity index (χ1v) is 13.5. The van der Waals surface area contributed by atoms with Crippen molar-refractivity contribution in [2.45, 2.75) is 49.7 Å². The monoisotopic (exact) mass is 509 g/mol. The third-order valence-corrected chi connectivity index (χ3v) is 8.06. The standard InChI is InChI=1S/C25H27N5O3S2/c1-33-24(32)22(23-26-18-11-5-6-12-19(18)27-23)20(31)15-35-25-29-28-21(14-17-10-7-13-34-17)30(25)16-8-3-2-4-9-16/h5-7,10-13,16,31H,2-4,8-9,14-15H2,1H3,(H,26,27)/b22-20+. The summed E-state index contributed by atoms with van der Waals surface area (Å²) >= 11 is 3.09. The molecule has 3 heterocycles. The second-order valence-corrected chi connectivity index (χ2v) is 10.5. The number of thioether (sulfide) groups is 1. The number of carbonyl (C=O) groups excluding carboxylic acids is 1. The number of hydrogen-bond acceptors (Lipinski definition) is 8. The number of aliphatic hydroxyl groups excluding tert-OH is 1. The van der Waals surface area contributed by atoms with Crippen LogP contribution >= 0.6 is 23.1 Å². The van der Waals surface area contributed by atoms with Gasteiger partial charge in [0, 0.05) is 17.3 Å². The van der Waals surface area contributed by atoms with E-state index in [4.69, 9.17) is 4.74 Å². The van der Waals surface area contributed by atoms with Crippen LogP contribution in [0.4, 0.5) is 0 Å². The van der Waals surface area contributed by atoms with Gasteiger partial charge in [-0.3, -0.25) is 0 Å². The van der Waals surface area contributed by atoms with Crippen LogP contribution < -0.4 is 0 Å². The number of thiophene rings is 1. The molecular formula is C25H27N5O3S2. The van der Waals surface area contributed by atoms with Gasteiger partial charge in [-0.15, -0.1) is 21.5 Å². The fourth-order valence-corrected chi connectivity index (χ4v) is 6.13. The molecule has 0 spiro atoms. The zero-order chi connectivity index (χ0) is 24.2. The van der Waals surface area contributed by atoms with Gasteiger partial charge in [0.1, 0.15) is 23.0 Å². The molecule has 4 aromatic rings. The largest absolute Gasteiger partial charge is 0.510 e. The van der Waals surface area contributed by atoms with Gasteiger partial charge in [-0.2, -0.15) is 0 Å². The summed E-state index contributed by atoms with van der Waals surface area (Å²) in [4.78, 5) is 21.4. The van der Waals surface area contributed by atoms with Crippen LogP contribution in [0.2, 0.25) is 0 Å². The topological polar surface area (TPSA) is 106 Å². The molecule has 5 rings (SSSR count). The molecule has 3 aromatic heterocycles. The molecular weight excluding hydrogens is 482 g/mol. The first-order chi connectivity index (χ1) is 17.1. The molecule has 1 aliphatic carbocycles. The molecule has 0 radical (unpaired) electrons. The molecule has 1 fully saturated rings. The summed E-state index contributed by atoms with van der Waals surface area (Å²) in [6.07, 6.45) is 6.56. The average Bonchev–Trinajstić information content (AvgIpc) is 3.63. The molecule has 0 unspecified atom stereocenters. The van der Waals surface area contributed by atoms with Crippen molar-refractivity contribution in [1.82, 2.24) is 24.7 Å². The number of nitrogens with one attached hydrogen (secondary N) is 1. The second kappa shape index (κ2) is 10.7. The molecule has 8 nitrogen and oxygen atoms in total. The number of imidazole rings is 1. The number of nitrogens with zero attached hydrogens (tertiary/aromatic N) is 4. The molecule has 0 bridgehead atoms. The highest BCUT2D eigenvalue weighted by Gasteiger charge is 2.26. The van der Waals surface area contributed by atoms with Crippen molar-refractivity contribution in [2.75, 3.05) is 12.9 Å². The van der Waals surface area contributed by atoms with Crippen LogP contribution in [0.15, 0.2) is 52.7 Å². The van der Waals surface area contributed by atoms with E-state index in [-0.39, 0.29) is 22.9 Å². The normalized spacial score (nSPS) is 15.3. The highest BCUT2D eigenvalue weighted by Crippen LogP contribution is 2.34. The molecule has 1 saturated carbocycles. The predicted molar refractivity (Wildman–Crippen MR) is 138 cm³/mol. The molecule has 10 heteroatoms. The van der Waals surface area contributed by atoms with Crippen LogP contribution in [0.3, 0.4) is 0 Å². The highest BCUT2D eigenvalue weighted by atomic mass is 32.2.